The maximum absolute atomic E-state index is 11.4. The Morgan fingerprint density at radius 1 is 1.22 bits per heavy atom. The molecule has 0 aromatic carbocycles. The van der Waals surface area contributed by atoms with Crippen LogP contribution in [-0.4, -0.2) is 43.0 Å². The molecular weight excluding hydrogens is 274 g/mol. The number of sulfone groups is 1. The van der Waals surface area contributed by atoms with E-state index in [0.29, 0.717) is 24.2 Å². The minimum Gasteiger partial charge on any atom is -0.354 e. The molecule has 1 saturated carbocycles. The Bertz CT molecular complexity index is 558. The molecule has 0 unspecified atom stereocenters. The predicted octanol–water partition coefficient (Wildman–Crippen LogP) is 1.24. The number of hydrogen-bond donors (Lipinski definition) is 0. The van der Waals surface area contributed by atoms with Gasteiger partial charge >= 0.3 is 0 Å². The van der Waals surface area contributed by atoms with Gasteiger partial charge in [-0.05, 0) is 12.8 Å². The minimum atomic E-state index is -2.87. The lowest BCUT2D eigenvalue weighted by Crippen LogP contribution is -2.40. The zero-order chi connectivity index (χ0) is 12.8. The quantitative estimate of drug-likeness (QED) is 0.766. The van der Waals surface area contributed by atoms with Crippen molar-refractivity contribution in [3.8, 4) is 0 Å². The van der Waals surface area contributed by atoms with Crippen LogP contribution in [0.2, 0.25) is 5.15 Å². The van der Waals surface area contributed by atoms with Crippen LogP contribution in [0.4, 0.5) is 5.82 Å². The number of hydrogen-bond acceptors (Lipinski definition) is 5. The normalized spacial score (nSPS) is 23.1. The molecule has 0 N–H and O–H groups in total. The lowest BCUT2D eigenvalue weighted by Gasteiger charge is -2.27. The van der Waals surface area contributed by atoms with E-state index in [2.05, 4.69) is 9.97 Å². The van der Waals surface area contributed by atoms with Crippen LogP contribution in [-0.2, 0) is 9.84 Å². The molecule has 0 spiro atoms. The maximum atomic E-state index is 11.4. The van der Waals surface area contributed by atoms with Crippen molar-refractivity contribution in [2.75, 3.05) is 29.5 Å². The summed E-state index contributed by atoms with van der Waals surface area (Å²) in [6, 6.07) is 1.71. The van der Waals surface area contributed by atoms with Crippen LogP contribution in [0.5, 0.6) is 0 Å². The molecule has 1 aliphatic carbocycles. The van der Waals surface area contributed by atoms with Gasteiger partial charge in [0.25, 0.3) is 0 Å². The highest BCUT2D eigenvalue weighted by molar-refractivity contribution is 7.91. The molecular formula is C11H14ClN3O2S. The molecule has 0 radical (unpaired) electrons. The Labute approximate surface area is 111 Å². The number of nitrogens with zero attached hydrogens (tertiary/aromatic N) is 3. The summed E-state index contributed by atoms with van der Waals surface area (Å²) in [6.07, 6.45) is 2.24. The van der Waals surface area contributed by atoms with Crippen molar-refractivity contribution in [2.24, 2.45) is 0 Å². The fraction of sp³-hybridized carbons (Fsp3) is 0.636. The monoisotopic (exact) mass is 287 g/mol. The van der Waals surface area contributed by atoms with Crippen molar-refractivity contribution in [1.29, 1.82) is 0 Å². The Morgan fingerprint density at radius 3 is 2.50 bits per heavy atom. The summed E-state index contributed by atoms with van der Waals surface area (Å²) < 4.78 is 22.8. The van der Waals surface area contributed by atoms with Gasteiger partial charge in [0, 0.05) is 25.1 Å². The molecule has 0 amide bonds. The molecule has 2 heterocycles. The number of rotatable bonds is 2. The molecule has 1 saturated heterocycles. The minimum absolute atomic E-state index is 0.188. The summed E-state index contributed by atoms with van der Waals surface area (Å²) in [7, 11) is -2.87. The summed E-state index contributed by atoms with van der Waals surface area (Å²) >= 11 is 6.00. The predicted molar refractivity (Wildman–Crippen MR) is 69.9 cm³/mol. The van der Waals surface area contributed by atoms with Gasteiger partial charge in [-0.25, -0.2) is 18.4 Å². The van der Waals surface area contributed by atoms with Crippen LogP contribution < -0.4 is 4.90 Å². The Kier molecular flexibility index (Phi) is 2.94. The molecule has 1 aromatic rings. The number of anilines is 1. The molecule has 2 aliphatic rings. The van der Waals surface area contributed by atoms with Crippen LogP contribution in [0, 0.1) is 0 Å². The van der Waals surface area contributed by atoms with Crippen molar-refractivity contribution in [3.05, 3.63) is 17.0 Å². The van der Waals surface area contributed by atoms with E-state index < -0.39 is 9.84 Å². The van der Waals surface area contributed by atoms with Crippen LogP contribution in [0.1, 0.15) is 24.6 Å². The second kappa shape index (κ2) is 4.35. The fourth-order valence-corrected chi connectivity index (χ4v) is 3.44. The topological polar surface area (TPSA) is 63.2 Å². The molecule has 18 heavy (non-hydrogen) atoms. The second-order valence-corrected chi connectivity index (χ2v) is 7.51. The summed E-state index contributed by atoms with van der Waals surface area (Å²) in [5.74, 6) is 2.37. The van der Waals surface area contributed by atoms with Crippen molar-refractivity contribution in [1.82, 2.24) is 9.97 Å². The van der Waals surface area contributed by atoms with Crippen LogP contribution >= 0.6 is 11.6 Å². The first-order chi connectivity index (χ1) is 8.53. The third kappa shape index (κ3) is 2.59. The van der Waals surface area contributed by atoms with Gasteiger partial charge in [-0.15, -0.1) is 0 Å². The van der Waals surface area contributed by atoms with Gasteiger partial charge in [-0.3, -0.25) is 0 Å². The van der Waals surface area contributed by atoms with Gasteiger partial charge in [0.05, 0.1) is 11.5 Å². The first-order valence-electron chi connectivity index (χ1n) is 6.03. The summed E-state index contributed by atoms with van der Waals surface area (Å²) in [5, 5.41) is 0.440. The number of halogens is 1. The van der Waals surface area contributed by atoms with Gasteiger partial charge in [0.2, 0.25) is 0 Å². The average molecular weight is 288 g/mol. The average Bonchev–Trinajstić information content (AvgIpc) is 3.11. The summed E-state index contributed by atoms with van der Waals surface area (Å²) in [4.78, 5) is 10.7. The Morgan fingerprint density at radius 2 is 1.89 bits per heavy atom. The smallest absolute Gasteiger partial charge is 0.153 e. The molecule has 1 aromatic heterocycles. The van der Waals surface area contributed by atoms with Gasteiger partial charge in [-0.1, -0.05) is 11.6 Å². The molecule has 0 atom stereocenters. The standard InChI is InChI=1S/C11H14ClN3O2S/c12-9-7-10(14-11(13-9)8-1-2-8)15-3-5-18(16,17)6-4-15/h7-8H,1-6H2. The number of aromatic nitrogens is 2. The van der Waals surface area contributed by atoms with E-state index >= 15 is 0 Å². The first kappa shape index (κ1) is 12.2. The van der Waals surface area contributed by atoms with Crippen molar-refractivity contribution in [2.45, 2.75) is 18.8 Å². The third-order valence-corrected chi connectivity index (χ3v) is 5.11. The van der Waals surface area contributed by atoms with E-state index in [1.165, 1.54) is 0 Å². The zero-order valence-corrected chi connectivity index (χ0v) is 11.4. The first-order valence-corrected chi connectivity index (χ1v) is 8.23. The van der Waals surface area contributed by atoms with E-state index in [1.54, 1.807) is 6.07 Å². The van der Waals surface area contributed by atoms with Crippen molar-refractivity contribution >= 4 is 27.3 Å². The zero-order valence-electron chi connectivity index (χ0n) is 9.84. The highest BCUT2D eigenvalue weighted by atomic mass is 35.5. The summed E-state index contributed by atoms with van der Waals surface area (Å²) in [6.45, 7) is 0.972. The largest absolute Gasteiger partial charge is 0.354 e. The molecule has 7 heteroatoms. The van der Waals surface area contributed by atoms with Crippen LogP contribution in [0.25, 0.3) is 0 Å². The van der Waals surface area contributed by atoms with Gasteiger partial charge in [0.15, 0.2) is 9.84 Å². The van der Waals surface area contributed by atoms with E-state index in [1.807, 2.05) is 4.90 Å². The van der Waals surface area contributed by atoms with Gasteiger partial charge < -0.3 is 4.90 Å². The lowest BCUT2D eigenvalue weighted by molar-refractivity contribution is 0.586. The highest BCUT2D eigenvalue weighted by Crippen LogP contribution is 2.39. The van der Waals surface area contributed by atoms with Crippen LogP contribution in [0.15, 0.2) is 6.07 Å². The van der Waals surface area contributed by atoms with Crippen LogP contribution in [0.3, 0.4) is 0 Å². The van der Waals surface area contributed by atoms with E-state index in [4.69, 9.17) is 11.6 Å². The third-order valence-electron chi connectivity index (χ3n) is 3.31. The molecule has 5 nitrogen and oxygen atoms in total. The lowest BCUT2D eigenvalue weighted by atomic mass is 10.3. The van der Waals surface area contributed by atoms with E-state index in [9.17, 15) is 8.42 Å². The molecule has 3 rings (SSSR count). The molecule has 2 fully saturated rings. The summed E-state index contributed by atoms with van der Waals surface area (Å²) in [5.41, 5.74) is 0. The maximum Gasteiger partial charge on any atom is 0.153 e. The second-order valence-electron chi connectivity index (χ2n) is 4.82. The van der Waals surface area contributed by atoms with Crippen molar-refractivity contribution < 1.29 is 8.42 Å². The fourth-order valence-electron chi connectivity index (χ4n) is 2.05. The highest BCUT2D eigenvalue weighted by Gasteiger charge is 2.29. The Balaban J connectivity index is 1.83. The van der Waals surface area contributed by atoms with Gasteiger partial charge in [-0.2, -0.15) is 0 Å². The molecule has 1 aliphatic heterocycles. The van der Waals surface area contributed by atoms with Gasteiger partial charge in [0.1, 0.15) is 16.8 Å². The Hall–Kier alpha value is -0.880. The van der Waals surface area contributed by atoms with Crippen molar-refractivity contribution in [3.63, 3.8) is 0 Å². The molecule has 98 valence electrons. The van der Waals surface area contributed by atoms with E-state index in [-0.39, 0.29) is 11.5 Å². The SMILES string of the molecule is O=S1(=O)CCN(c2cc(Cl)nc(C3CC3)n2)CC1. The molecule has 0 bridgehead atoms. The van der Waals surface area contributed by atoms with E-state index in [0.717, 1.165) is 24.5 Å².